The summed E-state index contributed by atoms with van der Waals surface area (Å²) in [4.78, 5) is 29.5. The van der Waals surface area contributed by atoms with E-state index in [2.05, 4.69) is 36.8 Å². The predicted molar refractivity (Wildman–Crippen MR) is 86.2 cm³/mol. The molecule has 4 rings (SSSR count). The van der Waals surface area contributed by atoms with Crippen LogP contribution in [-0.4, -0.2) is 15.3 Å². The molecule has 0 spiro atoms. The number of hydrogen-bond acceptors (Lipinski definition) is 3. The molecule has 4 nitrogen and oxygen atoms in total. The molecule has 0 atom stereocenters. The second-order valence-corrected chi connectivity index (χ2v) is 6.56. The number of nitrogens with zero attached hydrogens (tertiary/aromatic N) is 2. The van der Waals surface area contributed by atoms with E-state index in [1.807, 2.05) is 0 Å². The maximum Gasteiger partial charge on any atom is 0.266 e. The molecule has 0 aliphatic carbocycles. The quantitative estimate of drug-likeness (QED) is 0.450. The fourth-order valence-electron chi connectivity index (χ4n) is 2.54. The van der Waals surface area contributed by atoms with Crippen molar-refractivity contribution in [2.24, 2.45) is 0 Å². The molecule has 0 saturated carbocycles. The average Bonchev–Trinajstić information content (AvgIpc) is 2.73. The normalized spacial score (nSPS) is 12.6. The van der Waals surface area contributed by atoms with Gasteiger partial charge in [0, 0.05) is 8.95 Å². The minimum Gasteiger partial charge on any atom is -0.285 e. The summed E-state index contributed by atoms with van der Waals surface area (Å²) in [5.74, 6) is -0.0591. The first-order valence-corrected chi connectivity index (χ1v) is 7.72. The lowest BCUT2D eigenvalue weighted by Gasteiger charge is -2.05. The molecular formula is C15H6Br2N2O2. The van der Waals surface area contributed by atoms with Gasteiger partial charge in [0.1, 0.15) is 0 Å². The van der Waals surface area contributed by atoms with Crippen molar-refractivity contribution in [1.29, 1.82) is 0 Å². The van der Waals surface area contributed by atoms with Gasteiger partial charge < -0.3 is 0 Å². The fourth-order valence-corrected chi connectivity index (χ4v) is 3.26. The zero-order valence-electron chi connectivity index (χ0n) is 10.4. The van der Waals surface area contributed by atoms with E-state index < -0.39 is 0 Å². The van der Waals surface area contributed by atoms with Gasteiger partial charge in [0.25, 0.3) is 5.56 Å². The van der Waals surface area contributed by atoms with Gasteiger partial charge in [0.15, 0.2) is 5.82 Å². The van der Waals surface area contributed by atoms with E-state index >= 15 is 0 Å². The molecule has 1 aliphatic heterocycles. The number of carbonyl (C=O) groups excluding carboxylic acids is 1. The predicted octanol–water partition coefficient (Wildman–Crippen LogP) is 3.46. The third kappa shape index (κ3) is 1.76. The van der Waals surface area contributed by atoms with Gasteiger partial charge in [-0.25, -0.2) is 4.98 Å². The van der Waals surface area contributed by atoms with E-state index in [4.69, 9.17) is 0 Å². The highest BCUT2D eigenvalue weighted by atomic mass is 79.9. The lowest BCUT2D eigenvalue weighted by molar-refractivity contribution is 0.103. The average molecular weight is 406 g/mol. The Morgan fingerprint density at radius 2 is 1.67 bits per heavy atom. The molecule has 0 amide bonds. The highest BCUT2D eigenvalue weighted by Gasteiger charge is 2.30. The molecule has 0 unspecified atom stereocenters. The van der Waals surface area contributed by atoms with Gasteiger partial charge in [-0.1, -0.05) is 31.9 Å². The van der Waals surface area contributed by atoms with E-state index in [9.17, 15) is 9.59 Å². The van der Waals surface area contributed by atoms with E-state index in [0.29, 0.717) is 22.2 Å². The Morgan fingerprint density at radius 3 is 2.48 bits per heavy atom. The van der Waals surface area contributed by atoms with Crippen molar-refractivity contribution >= 4 is 48.5 Å². The van der Waals surface area contributed by atoms with Crippen molar-refractivity contribution in [2.45, 2.75) is 0 Å². The molecule has 0 N–H and O–H groups in total. The summed E-state index contributed by atoms with van der Waals surface area (Å²) in [5, 5.41) is 0.483. The Bertz CT molecular complexity index is 1010. The van der Waals surface area contributed by atoms with Crippen LogP contribution in [-0.2, 0) is 0 Å². The van der Waals surface area contributed by atoms with Crippen LogP contribution in [0.15, 0.2) is 50.1 Å². The van der Waals surface area contributed by atoms with Crippen molar-refractivity contribution in [3.63, 3.8) is 0 Å². The summed E-state index contributed by atoms with van der Waals surface area (Å²) in [6.07, 6.45) is 0. The molecule has 102 valence electrons. The molecular weight excluding hydrogens is 400 g/mol. The highest BCUT2D eigenvalue weighted by Crippen LogP contribution is 2.29. The Morgan fingerprint density at radius 1 is 0.952 bits per heavy atom. The fraction of sp³-hybridized carbons (Fsp3) is 0. The Kier molecular flexibility index (Phi) is 2.68. The number of fused-ring (bicyclic) bond motifs is 4. The van der Waals surface area contributed by atoms with Gasteiger partial charge >= 0.3 is 0 Å². The topological polar surface area (TPSA) is 52.0 Å². The molecule has 0 saturated heterocycles. The minimum absolute atomic E-state index is 0.169. The second-order valence-electron chi connectivity index (χ2n) is 4.73. The number of aromatic nitrogens is 2. The first kappa shape index (κ1) is 12.9. The largest absolute Gasteiger partial charge is 0.285 e. The van der Waals surface area contributed by atoms with Gasteiger partial charge in [-0.3, -0.25) is 14.2 Å². The highest BCUT2D eigenvalue weighted by molar-refractivity contribution is 9.10. The molecule has 0 bridgehead atoms. The summed E-state index contributed by atoms with van der Waals surface area (Å²) >= 11 is 6.69. The van der Waals surface area contributed by atoms with E-state index in [0.717, 1.165) is 8.95 Å². The molecule has 0 radical (unpaired) electrons. The molecule has 21 heavy (non-hydrogen) atoms. The van der Waals surface area contributed by atoms with E-state index in [1.165, 1.54) is 4.57 Å². The molecule has 6 heteroatoms. The standard InChI is InChI=1S/C15H6Br2N2O2/c16-7-1-3-11-9(5-7)15(21)19-12-4-2-8(17)6-10(12)13(20)14(19)18-11/h1-6H. The lowest BCUT2D eigenvalue weighted by Crippen LogP contribution is -2.21. The summed E-state index contributed by atoms with van der Waals surface area (Å²) in [5.41, 5.74) is 1.36. The SMILES string of the molecule is O=C1c2cc(Br)ccc2-n2c1nc1ccc(Br)cc1c2=O. The third-order valence-corrected chi connectivity index (χ3v) is 4.46. The van der Waals surface area contributed by atoms with Crippen LogP contribution in [0.2, 0.25) is 0 Å². The summed E-state index contributed by atoms with van der Waals surface area (Å²) in [7, 11) is 0. The van der Waals surface area contributed by atoms with Crippen molar-refractivity contribution in [2.75, 3.05) is 0 Å². The van der Waals surface area contributed by atoms with Gasteiger partial charge in [-0.15, -0.1) is 0 Å². The van der Waals surface area contributed by atoms with Crippen molar-refractivity contribution in [3.8, 4) is 5.69 Å². The van der Waals surface area contributed by atoms with E-state index in [1.54, 1.807) is 36.4 Å². The third-order valence-electron chi connectivity index (χ3n) is 3.48. The Hall–Kier alpha value is -1.79. The van der Waals surface area contributed by atoms with Gasteiger partial charge in [0.2, 0.25) is 5.78 Å². The Balaban J connectivity index is 2.18. The maximum absolute atomic E-state index is 12.7. The van der Waals surface area contributed by atoms with Crippen molar-refractivity contribution in [1.82, 2.24) is 9.55 Å². The summed E-state index contributed by atoms with van der Waals surface area (Å²) in [6.45, 7) is 0. The number of hydrogen-bond donors (Lipinski definition) is 0. The van der Waals surface area contributed by atoms with Crippen LogP contribution >= 0.6 is 31.9 Å². The number of carbonyl (C=O) groups is 1. The van der Waals surface area contributed by atoms with Crippen LogP contribution in [0.4, 0.5) is 0 Å². The summed E-state index contributed by atoms with van der Waals surface area (Å²) < 4.78 is 2.98. The number of halogens is 2. The zero-order chi connectivity index (χ0) is 14.7. The maximum atomic E-state index is 12.7. The van der Waals surface area contributed by atoms with Crippen LogP contribution in [0, 0.1) is 0 Å². The van der Waals surface area contributed by atoms with Crippen LogP contribution < -0.4 is 5.56 Å². The van der Waals surface area contributed by atoms with Crippen molar-refractivity contribution in [3.05, 3.63) is 67.1 Å². The smallest absolute Gasteiger partial charge is 0.266 e. The van der Waals surface area contributed by atoms with Gasteiger partial charge in [-0.05, 0) is 36.4 Å². The molecule has 2 aromatic carbocycles. The van der Waals surface area contributed by atoms with Crippen LogP contribution in [0.25, 0.3) is 16.6 Å². The van der Waals surface area contributed by atoms with Crippen molar-refractivity contribution < 1.29 is 4.79 Å². The number of benzene rings is 2. The molecule has 3 aromatic rings. The van der Waals surface area contributed by atoms with Crippen LogP contribution in [0.5, 0.6) is 0 Å². The second kappa shape index (κ2) is 4.35. The Labute approximate surface area is 135 Å². The van der Waals surface area contributed by atoms with Crippen LogP contribution in [0.1, 0.15) is 16.2 Å². The lowest BCUT2D eigenvalue weighted by atomic mass is 10.1. The van der Waals surface area contributed by atoms with Crippen LogP contribution in [0.3, 0.4) is 0 Å². The molecule has 2 heterocycles. The first-order valence-electron chi connectivity index (χ1n) is 6.13. The number of ketones is 1. The minimum atomic E-state index is -0.231. The van der Waals surface area contributed by atoms with Gasteiger partial charge in [0.05, 0.1) is 22.2 Å². The zero-order valence-corrected chi connectivity index (χ0v) is 13.6. The number of rotatable bonds is 0. The summed E-state index contributed by atoms with van der Waals surface area (Å²) in [6, 6.07) is 10.5. The van der Waals surface area contributed by atoms with Gasteiger partial charge in [-0.2, -0.15) is 0 Å². The molecule has 1 aromatic heterocycles. The first-order chi connectivity index (χ1) is 10.1. The monoisotopic (exact) mass is 404 g/mol. The van der Waals surface area contributed by atoms with E-state index in [-0.39, 0.29) is 17.2 Å². The molecule has 1 aliphatic rings. The molecule has 0 fully saturated rings.